The van der Waals surface area contributed by atoms with Crippen LogP contribution in [0.3, 0.4) is 0 Å². The Hall–Kier alpha value is -1.22. The van der Waals surface area contributed by atoms with Gasteiger partial charge in [0.15, 0.2) is 0 Å². The zero-order valence-corrected chi connectivity index (χ0v) is 6.51. The predicted molar refractivity (Wildman–Crippen MR) is 44.2 cm³/mol. The SMILES string of the molecule is [c]1cnc(-c2cccs2)cn1. The Labute approximate surface area is 68.6 Å². The number of hydrogen-bond acceptors (Lipinski definition) is 3. The fourth-order valence-corrected chi connectivity index (χ4v) is 1.50. The van der Waals surface area contributed by atoms with Crippen LogP contribution in [0.25, 0.3) is 10.6 Å². The quantitative estimate of drug-likeness (QED) is 0.639. The molecule has 0 aliphatic carbocycles. The van der Waals surface area contributed by atoms with Crippen LogP contribution >= 0.6 is 11.3 Å². The van der Waals surface area contributed by atoms with Crippen molar-refractivity contribution in [2.45, 2.75) is 0 Å². The third kappa shape index (κ3) is 1.28. The van der Waals surface area contributed by atoms with Crippen molar-refractivity contribution in [2.75, 3.05) is 0 Å². The lowest BCUT2D eigenvalue weighted by Gasteiger charge is -1.90. The van der Waals surface area contributed by atoms with Crippen molar-refractivity contribution in [3.63, 3.8) is 0 Å². The van der Waals surface area contributed by atoms with Gasteiger partial charge in [0.05, 0.1) is 23.0 Å². The Kier molecular flexibility index (Phi) is 1.65. The van der Waals surface area contributed by atoms with Crippen molar-refractivity contribution in [3.05, 3.63) is 36.1 Å². The highest BCUT2D eigenvalue weighted by Gasteiger charge is 1.96. The van der Waals surface area contributed by atoms with Crippen molar-refractivity contribution in [3.8, 4) is 10.6 Å². The lowest BCUT2D eigenvalue weighted by atomic mass is 10.4. The molecule has 0 spiro atoms. The van der Waals surface area contributed by atoms with Crippen molar-refractivity contribution in [2.24, 2.45) is 0 Å². The molecule has 0 amide bonds. The zero-order valence-electron chi connectivity index (χ0n) is 5.69. The summed E-state index contributed by atoms with van der Waals surface area (Å²) >= 11 is 1.66. The van der Waals surface area contributed by atoms with Gasteiger partial charge in [0, 0.05) is 0 Å². The molecule has 0 N–H and O–H groups in total. The molecule has 0 saturated carbocycles. The van der Waals surface area contributed by atoms with Crippen molar-refractivity contribution < 1.29 is 0 Å². The molecule has 2 heterocycles. The van der Waals surface area contributed by atoms with E-state index in [0.717, 1.165) is 10.6 Å². The van der Waals surface area contributed by atoms with Crippen LogP contribution in [0.4, 0.5) is 0 Å². The van der Waals surface area contributed by atoms with Crippen molar-refractivity contribution >= 4 is 11.3 Å². The van der Waals surface area contributed by atoms with Crippen LogP contribution in [0.15, 0.2) is 29.9 Å². The topological polar surface area (TPSA) is 25.8 Å². The first kappa shape index (κ1) is 6.49. The van der Waals surface area contributed by atoms with E-state index >= 15 is 0 Å². The number of hydrogen-bond donors (Lipinski definition) is 0. The van der Waals surface area contributed by atoms with E-state index in [1.165, 1.54) is 0 Å². The Morgan fingerprint density at radius 1 is 1.45 bits per heavy atom. The molecule has 3 heteroatoms. The molecule has 0 aliphatic heterocycles. The molecular formula is C8H5N2S. The van der Waals surface area contributed by atoms with Crippen LogP contribution in [-0.4, -0.2) is 9.97 Å². The van der Waals surface area contributed by atoms with Gasteiger partial charge in [0.1, 0.15) is 6.20 Å². The van der Waals surface area contributed by atoms with Gasteiger partial charge in [0.2, 0.25) is 0 Å². The molecule has 2 nitrogen and oxygen atoms in total. The van der Waals surface area contributed by atoms with Crippen LogP contribution in [0.5, 0.6) is 0 Å². The fourth-order valence-electron chi connectivity index (χ4n) is 0.815. The molecule has 0 saturated heterocycles. The van der Waals surface area contributed by atoms with E-state index in [0.29, 0.717) is 0 Å². The van der Waals surface area contributed by atoms with Gasteiger partial charge in [-0.15, -0.1) is 11.3 Å². The summed E-state index contributed by atoms with van der Waals surface area (Å²) in [7, 11) is 0. The molecule has 11 heavy (non-hydrogen) atoms. The standard InChI is InChI=1S/C8H5N2S/c1-2-8(11-5-1)7-6-9-3-4-10-7/h1-2,4-6H. The molecule has 0 atom stereocenters. The summed E-state index contributed by atoms with van der Waals surface area (Å²) in [4.78, 5) is 9.12. The van der Waals surface area contributed by atoms with Crippen LogP contribution in [0.2, 0.25) is 0 Å². The summed E-state index contributed by atoms with van der Waals surface area (Å²) in [6, 6.07) is 4.02. The molecule has 0 aromatic carbocycles. The summed E-state index contributed by atoms with van der Waals surface area (Å²) < 4.78 is 0. The van der Waals surface area contributed by atoms with E-state index in [4.69, 9.17) is 0 Å². The smallest absolute Gasteiger partial charge is 0.109 e. The van der Waals surface area contributed by atoms with Gasteiger partial charge in [-0.05, 0) is 11.4 Å². The van der Waals surface area contributed by atoms with E-state index in [9.17, 15) is 0 Å². The minimum absolute atomic E-state index is 0.916. The molecule has 0 fully saturated rings. The van der Waals surface area contributed by atoms with E-state index in [2.05, 4.69) is 16.2 Å². The highest BCUT2D eigenvalue weighted by atomic mass is 32.1. The Morgan fingerprint density at radius 3 is 3.09 bits per heavy atom. The van der Waals surface area contributed by atoms with Gasteiger partial charge in [-0.1, -0.05) is 6.07 Å². The Morgan fingerprint density at radius 2 is 2.45 bits per heavy atom. The number of thiophene rings is 1. The minimum atomic E-state index is 0.916. The lowest BCUT2D eigenvalue weighted by Crippen LogP contribution is -1.79. The number of rotatable bonds is 1. The monoisotopic (exact) mass is 161 g/mol. The minimum Gasteiger partial charge on any atom is -0.251 e. The van der Waals surface area contributed by atoms with E-state index < -0.39 is 0 Å². The van der Waals surface area contributed by atoms with Gasteiger partial charge in [0.25, 0.3) is 0 Å². The summed E-state index contributed by atoms with van der Waals surface area (Å²) in [5.74, 6) is 0. The van der Waals surface area contributed by atoms with E-state index in [1.54, 1.807) is 23.7 Å². The molecule has 2 aromatic heterocycles. The number of nitrogens with zero attached hydrogens (tertiary/aromatic N) is 2. The van der Waals surface area contributed by atoms with E-state index in [-0.39, 0.29) is 0 Å². The van der Waals surface area contributed by atoms with Gasteiger partial charge in [-0.2, -0.15) is 0 Å². The summed E-state index contributed by atoms with van der Waals surface area (Å²) in [5, 5.41) is 2.02. The molecular weight excluding hydrogens is 156 g/mol. The van der Waals surface area contributed by atoms with Crippen LogP contribution < -0.4 is 0 Å². The first-order chi connectivity index (χ1) is 5.47. The highest BCUT2D eigenvalue weighted by Crippen LogP contribution is 2.20. The molecule has 0 bridgehead atoms. The predicted octanol–water partition coefficient (Wildman–Crippen LogP) is 2.01. The first-order valence-electron chi connectivity index (χ1n) is 3.19. The van der Waals surface area contributed by atoms with Crippen LogP contribution in [-0.2, 0) is 0 Å². The van der Waals surface area contributed by atoms with Gasteiger partial charge in [-0.25, -0.2) is 0 Å². The molecule has 2 rings (SSSR count). The second-order valence-corrected chi connectivity index (χ2v) is 2.96. The highest BCUT2D eigenvalue weighted by molar-refractivity contribution is 7.13. The average Bonchev–Trinajstić information content (AvgIpc) is 2.58. The fraction of sp³-hybridized carbons (Fsp3) is 0. The molecule has 1 radical (unpaired) electrons. The Bertz CT molecular complexity index is 315. The lowest BCUT2D eigenvalue weighted by molar-refractivity contribution is 1.20. The Balaban J connectivity index is 2.46. The molecule has 0 aliphatic rings. The second kappa shape index (κ2) is 2.80. The summed E-state index contributed by atoms with van der Waals surface area (Å²) in [6.07, 6.45) is 5.93. The van der Waals surface area contributed by atoms with Gasteiger partial charge >= 0.3 is 0 Å². The number of aromatic nitrogens is 2. The van der Waals surface area contributed by atoms with Gasteiger partial charge < -0.3 is 0 Å². The third-order valence-corrected chi connectivity index (χ3v) is 2.19. The summed E-state index contributed by atoms with van der Waals surface area (Å²) in [6.45, 7) is 0. The molecule has 2 aromatic rings. The maximum atomic E-state index is 4.11. The van der Waals surface area contributed by atoms with Crippen LogP contribution in [0.1, 0.15) is 0 Å². The van der Waals surface area contributed by atoms with Gasteiger partial charge in [-0.3, -0.25) is 9.97 Å². The largest absolute Gasteiger partial charge is 0.251 e. The third-order valence-electron chi connectivity index (χ3n) is 1.30. The van der Waals surface area contributed by atoms with Crippen molar-refractivity contribution in [1.82, 2.24) is 9.97 Å². The molecule has 0 unspecified atom stereocenters. The van der Waals surface area contributed by atoms with E-state index in [1.807, 2.05) is 17.5 Å². The average molecular weight is 161 g/mol. The summed E-state index contributed by atoms with van der Waals surface area (Å²) in [5.41, 5.74) is 0.916. The van der Waals surface area contributed by atoms with Crippen LogP contribution in [0, 0.1) is 6.20 Å². The normalized spacial score (nSPS) is 9.82. The van der Waals surface area contributed by atoms with Crippen molar-refractivity contribution in [1.29, 1.82) is 0 Å². The maximum Gasteiger partial charge on any atom is 0.109 e. The zero-order chi connectivity index (χ0) is 7.52. The molecule has 53 valence electrons. The first-order valence-corrected chi connectivity index (χ1v) is 4.07. The second-order valence-electron chi connectivity index (χ2n) is 2.01. The maximum absolute atomic E-state index is 4.11.